The normalized spacial score (nSPS) is 28.9. The van der Waals surface area contributed by atoms with Gasteiger partial charge in [0.2, 0.25) is 5.91 Å². The molecule has 2 atom stereocenters. The van der Waals surface area contributed by atoms with Crippen LogP contribution in [0.4, 0.5) is 0 Å². The standard InChI is InChI=1S/C13H24N2O/c1-10(11-6-3-2-4-7-11)15-13(16)12-8-5-9-14-12/h10-12,14H,2-9H2,1H3,(H,15,16)/t10-,12+/m0/s1. The molecule has 0 spiro atoms. The van der Waals surface area contributed by atoms with E-state index >= 15 is 0 Å². The van der Waals surface area contributed by atoms with Gasteiger partial charge in [-0.15, -0.1) is 0 Å². The van der Waals surface area contributed by atoms with Crippen molar-refractivity contribution in [3.05, 3.63) is 0 Å². The maximum atomic E-state index is 11.9. The molecule has 1 aliphatic carbocycles. The number of rotatable bonds is 3. The molecule has 2 N–H and O–H groups in total. The smallest absolute Gasteiger partial charge is 0.237 e. The monoisotopic (exact) mass is 224 g/mol. The zero-order valence-electron chi connectivity index (χ0n) is 10.3. The summed E-state index contributed by atoms with van der Waals surface area (Å²) in [5.74, 6) is 0.926. The molecule has 3 heteroatoms. The van der Waals surface area contributed by atoms with Crippen molar-refractivity contribution in [3.8, 4) is 0 Å². The van der Waals surface area contributed by atoms with E-state index in [1.807, 2.05) is 0 Å². The van der Waals surface area contributed by atoms with E-state index in [4.69, 9.17) is 0 Å². The van der Waals surface area contributed by atoms with Crippen LogP contribution in [0.2, 0.25) is 0 Å². The summed E-state index contributed by atoms with van der Waals surface area (Å²) in [4.78, 5) is 11.9. The fourth-order valence-electron chi connectivity index (χ4n) is 2.99. The molecule has 1 aliphatic heterocycles. The van der Waals surface area contributed by atoms with Gasteiger partial charge in [0, 0.05) is 6.04 Å². The first-order valence-electron chi connectivity index (χ1n) is 6.81. The molecule has 2 aliphatic rings. The summed E-state index contributed by atoms with van der Waals surface area (Å²) < 4.78 is 0. The summed E-state index contributed by atoms with van der Waals surface area (Å²) in [5, 5.41) is 6.44. The molecule has 1 heterocycles. The van der Waals surface area contributed by atoms with Gasteiger partial charge in [-0.25, -0.2) is 0 Å². The van der Waals surface area contributed by atoms with E-state index in [2.05, 4.69) is 17.6 Å². The predicted molar refractivity (Wildman–Crippen MR) is 65.2 cm³/mol. The Morgan fingerprint density at radius 3 is 2.56 bits per heavy atom. The predicted octanol–water partition coefficient (Wildman–Crippen LogP) is 1.82. The molecular formula is C13H24N2O. The number of nitrogens with one attached hydrogen (secondary N) is 2. The molecule has 92 valence electrons. The summed E-state index contributed by atoms with van der Waals surface area (Å²) in [5.41, 5.74) is 0. The largest absolute Gasteiger partial charge is 0.352 e. The topological polar surface area (TPSA) is 41.1 Å². The van der Waals surface area contributed by atoms with Crippen LogP contribution in [0.1, 0.15) is 51.9 Å². The maximum absolute atomic E-state index is 11.9. The van der Waals surface area contributed by atoms with Crippen LogP contribution in [0.25, 0.3) is 0 Å². The van der Waals surface area contributed by atoms with Gasteiger partial charge in [0.25, 0.3) is 0 Å². The Hall–Kier alpha value is -0.570. The Balaban J connectivity index is 1.76. The molecule has 0 aromatic carbocycles. The van der Waals surface area contributed by atoms with E-state index in [9.17, 15) is 4.79 Å². The average molecular weight is 224 g/mol. The lowest BCUT2D eigenvalue weighted by molar-refractivity contribution is -0.123. The van der Waals surface area contributed by atoms with Crippen LogP contribution in [0, 0.1) is 5.92 Å². The Morgan fingerprint density at radius 2 is 1.94 bits per heavy atom. The van der Waals surface area contributed by atoms with E-state index in [1.165, 1.54) is 32.1 Å². The van der Waals surface area contributed by atoms with Gasteiger partial charge in [0.05, 0.1) is 6.04 Å². The van der Waals surface area contributed by atoms with Crippen LogP contribution < -0.4 is 10.6 Å². The lowest BCUT2D eigenvalue weighted by atomic mass is 9.84. The van der Waals surface area contributed by atoms with Crippen LogP contribution in [-0.4, -0.2) is 24.5 Å². The molecule has 16 heavy (non-hydrogen) atoms. The van der Waals surface area contributed by atoms with Gasteiger partial charge >= 0.3 is 0 Å². The molecule has 0 radical (unpaired) electrons. The molecule has 1 saturated heterocycles. The Bertz CT molecular complexity index is 230. The van der Waals surface area contributed by atoms with Gasteiger partial charge in [-0.1, -0.05) is 19.3 Å². The van der Waals surface area contributed by atoms with Crippen molar-refractivity contribution in [2.45, 2.75) is 64.0 Å². The van der Waals surface area contributed by atoms with E-state index < -0.39 is 0 Å². The summed E-state index contributed by atoms with van der Waals surface area (Å²) in [6.45, 7) is 3.17. The lowest BCUT2D eigenvalue weighted by Gasteiger charge is -2.29. The minimum absolute atomic E-state index is 0.0750. The van der Waals surface area contributed by atoms with Gasteiger partial charge in [-0.05, 0) is 45.1 Å². The van der Waals surface area contributed by atoms with Crippen LogP contribution >= 0.6 is 0 Å². The highest BCUT2D eigenvalue weighted by atomic mass is 16.2. The van der Waals surface area contributed by atoms with Gasteiger partial charge in [0.1, 0.15) is 0 Å². The van der Waals surface area contributed by atoms with Gasteiger partial charge in [-0.2, -0.15) is 0 Å². The molecule has 1 saturated carbocycles. The minimum Gasteiger partial charge on any atom is -0.352 e. The number of hydrogen-bond acceptors (Lipinski definition) is 2. The van der Waals surface area contributed by atoms with E-state index in [0.717, 1.165) is 19.4 Å². The van der Waals surface area contributed by atoms with E-state index in [1.54, 1.807) is 0 Å². The molecule has 2 fully saturated rings. The number of hydrogen-bond donors (Lipinski definition) is 2. The quantitative estimate of drug-likeness (QED) is 0.768. The fraction of sp³-hybridized carbons (Fsp3) is 0.923. The number of carbonyl (C=O) groups excluding carboxylic acids is 1. The van der Waals surface area contributed by atoms with Crippen LogP contribution in [0.5, 0.6) is 0 Å². The highest BCUT2D eigenvalue weighted by molar-refractivity contribution is 5.82. The van der Waals surface area contributed by atoms with Gasteiger partial charge in [0.15, 0.2) is 0 Å². The first-order valence-corrected chi connectivity index (χ1v) is 6.81. The zero-order chi connectivity index (χ0) is 11.4. The van der Waals surface area contributed by atoms with Crippen molar-refractivity contribution in [2.75, 3.05) is 6.54 Å². The third kappa shape index (κ3) is 2.97. The molecule has 1 amide bonds. The Kier molecular flexibility index (Phi) is 4.22. The molecule has 3 nitrogen and oxygen atoms in total. The van der Waals surface area contributed by atoms with Crippen molar-refractivity contribution in [2.24, 2.45) is 5.92 Å². The second-order valence-corrected chi connectivity index (χ2v) is 5.34. The second-order valence-electron chi connectivity index (χ2n) is 5.34. The molecule has 0 unspecified atom stereocenters. The summed E-state index contributed by atoms with van der Waals surface area (Å²) in [6.07, 6.45) is 8.78. The van der Waals surface area contributed by atoms with Crippen LogP contribution in [-0.2, 0) is 4.79 Å². The maximum Gasteiger partial charge on any atom is 0.237 e. The van der Waals surface area contributed by atoms with Gasteiger partial charge in [-0.3, -0.25) is 4.79 Å². The van der Waals surface area contributed by atoms with Crippen LogP contribution in [0.15, 0.2) is 0 Å². The van der Waals surface area contributed by atoms with E-state index in [0.29, 0.717) is 12.0 Å². The molecule has 2 rings (SSSR count). The summed E-state index contributed by atoms with van der Waals surface area (Å²) in [7, 11) is 0. The highest BCUT2D eigenvalue weighted by Crippen LogP contribution is 2.26. The van der Waals surface area contributed by atoms with Crippen molar-refractivity contribution in [1.82, 2.24) is 10.6 Å². The van der Waals surface area contributed by atoms with Crippen molar-refractivity contribution in [3.63, 3.8) is 0 Å². The molecule has 0 bridgehead atoms. The summed E-state index contributed by atoms with van der Waals surface area (Å²) >= 11 is 0. The SMILES string of the molecule is C[C@H](NC(=O)[C@H]1CCCN1)C1CCCCC1. The van der Waals surface area contributed by atoms with Crippen molar-refractivity contribution < 1.29 is 4.79 Å². The fourth-order valence-corrected chi connectivity index (χ4v) is 2.99. The lowest BCUT2D eigenvalue weighted by Crippen LogP contribution is -2.46. The third-order valence-corrected chi connectivity index (χ3v) is 4.10. The number of amides is 1. The first kappa shape index (κ1) is 11.9. The third-order valence-electron chi connectivity index (χ3n) is 4.10. The summed E-state index contributed by atoms with van der Waals surface area (Å²) in [6, 6.07) is 0.432. The van der Waals surface area contributed by atoms with Crippen LogP contribution in [0.3, 0.4) is 0 Å². The second kappa shape index (κ2) is 5.67. The van der Waals surface area contributed by atoms with E-state index in [-0.39, 0.29) is 11.9 Å². The van der Waals surface area contributed by atoms with Crippen molar-refractivity contribution in [1.29, 1.82) is 0 Å². The zero-order valence-corrected chi connectivity index (χ0v) is 10.3. The average Bonchev–Trinajstić information content (AvgIpc) is 2.83. The number of carbonyl (C=O) groups is 1. The Morgan fingerprint density at radius 1 is 1.19 bits per heavy atom. The first-order chi connectivity index (χ1) is 7.77. The highest BCUT2D eigenvalue weighted by Gasteiger charge is 2.26. The molecular weight excluding hydrogens is 200 g/mol. The molecule has 0 aromatic rings. The minimum atomic E-state index is 0.0750. The molecule has 0 aromatic heterocycles. The van der Waals surface area contributed by atoms with Crippen molar-refractivity contribution >= 4 is 5.91 Å². The Labute approximate surface area is 98.4 Å². The van der Waals surface area contributed by atoms with Gasteiger partial charge < -0.3 is 10.6 Å².